The topological polar surface area (TPSA) is 52.6 Å². The molecule has 0 spiro atoms. The summed E-state index contributed by atoms with van der Waals surface area (Å²) in [5, 5.41) is 0. The van der Waals surface area contributed by atoms with Gasteiger partial charge in [-0.2, -0.15) is 0 Å². The van der Waals surface area contributed by atoms with Crippen LogP contribution in [0.3, 0.4) is 0 Å². The van der Waals surface area contributed by atoms with Crippen LogP contribution in [0.15, 0.2) is 0 Å². The van der Waals surface area contributed by atoms with Crippen LogP contribution in [0.4, 0.5) is 0 Å². The number of ether oxygens (including phenoxy) is 2. The minimum Gasteiger partial charge on any atom is -0.454 e. The maximum atomic E-state index is 10.7. The number of esters is 2. The SMILES string of the molecule is CSCOC(=O)CC(=O)OCS. The molecule has 4 nitrogen and oxygen atoms in total. The lowest BCUT2D eigenvalue weighted by Crippen LogP contribution is -2.13. The molecule has 0 unspecified atom stereocenters. The lowest BCUT2D eigenvalue weighted by Gasteiger charge is -2.01. The van der Waals surface area contributed by atoms with E-state index in [2.05, 4.69) is 22.1 Å². The van der Waals surface area contributed by atoms with Crippen LogP contribution in [-0.4, -0.2) is 30.1 Å². The summed E-state index contributed by atoms with van der Waals surface area (Å²) in [7, 11) is 0. The Kier molecular flexibility index (Phi) is 7.08. The van der Waals surface area contributed by atoms with Crippen molar-refractivity contribution >= 4 is 36.3 Å². The van der Waals surface area contributed by atoms with Crippen molar-refractivity contribution in [3.63, 3.8) is 0 Å². The summed E-state index contributed by atoms with van der Waals surface area (Å²) in [6, 6.07) is 0. The smallest absolute Gasteiger partial charge is 0.317 e. The highest BCUT2D eigenvalue weighted by Crippen LogP contribution is 1.96. The third-order valence-corrected chi connectivity index (χ3v) is 1.33. The molecule has 0 radical (unpaired) electrons. The van der Waals surface area contributed by atoms with Crippen LogP contribution in [0.5, 0.6) is 0 Å². The third kappa shape index (κ3) is 6.36. The van der Waals surface area contributed by atoms with Crippen LogP contribution in [0.2, 0.25) is 0 Å². The van der Waals surface area contributed by atoms with Crippen molar-refractivity contribution in [3.8, 4) is 0 Å². The summed E-state index contributed by atoms with van der Waals surface area (Å²) < 4.78 is 9.02. The molecule has 12 heavy (non-hydrogen) atoms. The zero-order valence-corrected chi connectivity index (χ0v) is 8.32. The summed E-state index contributed by atoms with van der Waals surface area (Å²) in [6.07, 6.45) is 1.44. The Hall–Kier alpha value is -0.360. The van der Waals surface area contributed by atoms with Gasteiger partial charge in [-0.15, -0.1) is 24.4 Å². The van der Waals surface area contributed by atoms with Crippen LogP contribution < -0.4 is 0 Å². The van der Waals surface area contributed by atoms with Gasteiger partial charge in [0.2, 0.25) is 0 Å². The lowest BCUT2D eigenvalue weighted by molar-refractivity contribution is -0.152. The van der Waals surface area contributed by atoms with Crippen molar-refractivity contribution < 1.29 is 19.1 Å². The van der Waals surface area contributed by atoms with Crippen LogP contribution in [0.1, 0.15) is 6.42 Å². The van der Waals surface area contributed by atoms with E-state index in [-0.39, 0.29) is 18.3 Å². The molecule has 0 aliphatic rings. The molecule has 0 aliphatic heterocycles. The highest BCUT2D eigenvalue weighted by molar-refractivity contribution is 7.98. The standard InChI is InChI=1S/C6H10O4S2/c1-12-4-10-6(8)2-5(7)9-3-11/h11H,2-4H2,1H3. The van der Waals surface area contributed by atoms with Crippen molar-refractivity contribution in [1.82, 2.24) is 0 Å². The Bertz CT molecular complexity index is 160. The molecule has 70 valence electrons. The van der Waals surface area contributed by atoms with E-state index in [0.717, 1.165) is 0 Å². The van der Waals surface area contributed by atoms with Crippen LogP contribution in [0, 0.1) is 0 Å². The summed E-state index contributed by atoms with van der Waals surface area (Å²) in [5.74, 6) is -0.950. The molecule has 0 N–H and O–H groups in total. The van der Waals surface area contributed by atoms with Crippen molar-refractivity contribution in [3.05, 3.63) is 0 Å². The van der Waals surface area contributed by atoms with E-state index in [1.54, 1.807) is 6.26 Å². The van der Waals surface area contributed by atoms with Crippen molar-refractivity contribution in [1.29, 1.82) is 0 Å². The number of thioether (sulfide) groups is 1. The molecular weight excluding hydrogens is 200 g/mol. The summed E-state index contributed by atoms with van der Waals surface area (Å²) >= 11 is 5.01. The molecule has 0 bridgehead atoms. The van der Waals surface area contributed by atoms with Gasteiger partial charge in [-0.3, -0.25) is 9.59 Å². The van der Waals surface area contributed by atoms with Gasteiger partial charge in [-0.05, 0) is 6.26 Å². The maximum Gasteiger partial charge on any atom is 0.317 e. The van der Waals surface area contributed by atoms with E-state index in [1.807, 2.05) is 0 Å². The number of hydrogen-bond donors (Lipinski definition) is 1. The molecule has 0 rings (SSSR count). The monoisotopic (exact) mass is 210 g/mol. The Morgan fingerprint density at radius 1 is 1.33 bits per heavy atom. The van der Waals surface area contributed by atoms with Crippen LogP contribution in [0.25, 0.3) is 0 Å². The molecule has 0 aliphatic carbocycles. The van der Waals surface area contributed by atoms with Gasteiger partial charge in [-0.25, -0.2) is 0 Å². The molecule has 0 fully saturated rings. The zero-order chi connectivity index (χ0) is 9.40. The van der Waals surface area contributed by atoms with Crippen LogP contribution in [-0.2, 0) is 19.1 Å². The highest BCUT2D eigenvalue weighted by Gasteiger charge is 2.10. The van der Waals surface area contributed by atoms with E-state index in [9.17, 15) is 9.59 Å². The average Bonchev–Trinajstić information content (AvgIpc) is 2.01. The first-order valence-electron chi connectivity index (χ1n) is 3.11. The van der Waals surface area contributed by atoms with Gasteiger partial charge in [0.15, 0.2) is 0 Å². The largest absolute Gasteiger partial charge is 0.454 e. The second kappa shape index (κ2) is 7.30. The number of carbonyl (C=O) groups excluding carboxylic acids is 2. The van der Waals surface area contributed by atoms with E-state index in [4.69, 9.17) is 0 Å². The number of hydrogen-bond acceptors (Lipinski definition) is 6. The van der Waals surface area contributed by atoms with Gasteiger partial charge in [0.05, 0.1) is 0 Å². The first-order valence-corrected chi connectivity index (χ1v) is 5.14. The Labute approximate surface area is 80.4 Å². The van der Waals surface area contributed by atoms with Gasteiger partial charge in [0, 0.05) is 0 Å². The van der Waals surface area contributed by atoms with Gasteiger partial charge < -0.3 is 9.47 Å². The summed E-state index contributed by atoms with van der Waals surface area (Å²) in [5.41, 5.74) is 0. The van der Waals surface area contributed by atoms with E-state index in [0.29, 0.717) is 0 Å². The summed E-state index contributed by atoms with van der Waals surface area (Å²) in [4.78, 5) is 21.4. The number of rotatable bonds is 5. The molecule has 0 heterocycles. The molecular formula is C6H10O4S2. The van der Waals surface area contributed by atoms with Crippen molar-refractivity contribution in [2.24, 2.45) is 0 Å². The summed E-state index contributed by atoms with van der Waals surface area (Å²) in [6.45, 7) is 0. The van der Waals surface area contributed by atoms with Gasteiger partial charge in [0.1, 0.15) is 18.3 Å². The molecule has 0 amide bonds. The molecule has 0 atom stereocenters. The maximum absolute atomic E-state index is 10.7. The molecule has 6 heteroatoms. The molecule has 0 aromatic carbocycles. The molecule has 0 aromatic rings. The normalized spacial score (nSPS) is 9.17. The second-order valence-electron chi connectivity index (χ2n) is 1.75. The van der Waals surface area contributed by atoms with E-state index >= 15 is 0 Å². The fraction of sp³-hybridized carbons (Fsp3) is 0.667. The minimum absolute atomic E-state index is 0.0192. The van der Waals surface area contributed by atoms with Crippen LogP contribution >= 0.6 is 24.4 Å². The fourth-order valence-corrected chi connectivity index (χ4v) is 0.810. The molecule has 0 saturated heterocycles. The van der Waals surface area contributed by atoms with E-state index in [1.165, 1.54) is 11.8 Å². The highest BCUT2D eigenvalue weighted by atomic mass is 32.2. The Morgan fingerprint density at radius 2 is 1.92 bits per heavy atom. The van der Waals surface area contributed by atoms with Crippen molar-refractivity contribution in [2.45, 2.75) is 6.42 Å². The molecule has 0 aromatic heterocycles. The fourth-order valence-electron chi connectivity index (χ4n) is 0.417. The first-order chi connectivity index (χ1) is 5.70. The van der Waals surface area contributed by atoms with Gasteiger partial charge in [-0.1, -0.05) is 0 Å². The average molecular weight is 210 g/mol. The second-order valence-corrected chi connectivity index (χ2v) is 2.82. The predicted molar refractivity (Wildman–Crippen MR) is 49.0 cm³/mol. The number of carbonyl (C=O) groups is 2. The molecule has 0 saturated carbocycles. The zero-order valence-electron chi connectivity index (χ0n) is 6.61. The van der Waals surface area contributed by atoms with Gasteiger partial charge in [0.25, 0.3) is 0 Å². The predicted octanol–water partition coefficient (Wildman–Crippen LogP) is 0.671. The Balaban J connectivity index is 3.47. The number of thiol groups is 1. The lowest BCUT2D eigenvalue weighted by atomic mass is 10.4. The van der Waals surface area contributed by atoms with Crippen molar-refractivity contribution in [2.75, 3.05) is 18.1 Å². The quantitative estimate of drug-likeness (QED) is 0.313. The minimum atomic E-state index is -0.615. The first kappa shape index (κ1) is 11.6. The third-order valence-electron chi connectivity index (χ3n) is 0.852. The van der Waals surface area contributed by atoms with E-state index < -0.39 is 11.9 Å². The van der Waals surface area contributed by atoms with Gasteiger partial charge >= 0.3 is 11.9 Å². The Morgan fingerprint density at radius 3 is 2.42 bits per heavy atom.